The van der Waals surface area contributed by atoms with Crippen molar-refractivity contribution < 1.29 is 19.7 Å². The Hall–Kier alpha value is -2.53. The first-order valence-corrected chi connectivity index (χ1v) is 12.9. The lowest BCUT2D eigenvalue weighted by molar-refractivity contribution is -0.116. The van der Waals surface area contributed by atoms with Crippen LogP contribution >= 0.6 is 0 Å². The molecule has 0 aliphatic carbocycles. The van der Waals surface area contributed by atoms with Crippen LogP contribution in [-0.2, 0) is 15.8 Å². The molecule has 35 heavy (non-hydrogen) atoms. The average Bonchev–Trinajstić information content (AvgIpc) is 2.71. The number of carbonyl (C=O) groups is 1. The number of aliphatic hydroxyl groups is 1. The summed E-state index contributed by atoms with van der Waals surface area (Å²) in [5.41, 5.74) is 2.29. The second kappa shape index (κ2) is 11.9. The van der Waals surface area contributed by atoms with Gasteiger partial charge >= 0.3 is 0 Å². The molecule has 5 heteroatoms. The molecule has 0 heterocycles. The molecule has 194 valence electrons. The van der Waals surface area contributed by atoms with Gasteiger partial charge in [-0.25, -0.2) is 0 Å². The van der Waals surface area contributed by atoms with Gasteiger partial charge in [-0.15, -0.1) is 0 Å². The fourth-order valence-electron chi connectivity index (χ4n) is 4.33. The zero-order valence-electron chi connectivity index (χ0n) is 22.9. The van der Waals surface area contributed by atoms with Crippen molar-refractivity contribution >= 4 is 11.6 Å². The maximum atomic E-state index is 13.4. The number of nitrogens with one attached hydrogen (secondary N) is 1. The van der Waals surface area contributed by atoms with E-state index in [4.69, 9.17) is 4.74 Å². The van der Waals surface area contributed by atoms with Gasteiger partial charge in [-0.2, -0.15) is 0 Å². The number of amides is 1. The maximum Gasteiger partial charge on any atom is 0.224 e. The van der Waals surface area contributed by atoms with E-state index in [-0.39, 0.29) is 29.1 Å². The van der Waals surface area contributed by atoms with E-state index in [9.17, 15) is 15.0 Å². The van der Waals surface area contributed by atoms with Crippen molar-refractivity contribution in [2.45, 2.75) is 111 Å². The molecular weight excluding hydrogens is 438 g/mol. The third-order valence-electron chi connectivity index (χ3n) is 6.20. The molecule has 0 aromatic heterocycles. The van der Waals surface area contributed by atoms with Gasteiger partial charge in [0.05, 0.1) is 11.7 Å². The van der Waals surface area contributed by atoms with Crippen LogP contribution in [0.5, 0.6) is 11.5 Å². The molecule has 0 aliphatic rings. The van der Waals surface area contributed by atoms with Gasteiger partial charge in [-0.05, 0) is 74.3 Å². The number of anilines is 1. The van der Waals surface area contributed by atoms with Crippen LogP contribution in [0, 0.1) is 0 Å². The highest BCUT2D eigenvalue weighted by atomic mass is 16.5. The van der Waals surface area contributed by atoms with Crippen LogP contribution in [0.25, 0.3) is 0 Å². The van der Waals surface area contributed by atoms with Gasteiger partial charge in [-0.3, -0.25) is 4.79 Å². The molecule has 1 atom stereocenters. The Bertz CT molecular complexity index is 983. The predicted molar refractivity (Wildman–Crippen MR) is 144 cm³/mol. The van der Waals surface area contributed by atoms with Crippen molar-refractivity contribution in [3.63, 3.8) is 0 Å². The number of ether oxygens (including phenoxy) is 1. The quantitative estimate of drug-likeness (QED) is 0.291. The monoisotopic (exact) mass is 483 g/mol. The summed E-state index contributed by atoms with van der Waals surface area (Å²) in [6.07, 6.45) is 4.33. The van der Waals surface area contributed by atoms with Gasteiger partial charge in [0.2, 0.25) is 5.91 Å². The van der Waals surface area contributed by atoms with Crippen molar-refractivity contribution in [1.29, 1.82) is 0 Å². The maximum absolute atomic E-state index is 13.4. The highest BCUT2D eigenvalue weighted by molar-refractivity contribution is 5.92. The molecular formula is C30H45NO4. The number of benzene rings is 2. The van der Waals surface area contributed by atoms with Gasteiger partial charge in [0.25, 0.3) is 0 Å². The molecule has 0 bridgehead atoms. The van der Waals surface area contributed by atoms with Gasteiger partial charge in [0.1, 0.15) is 11.5 Å². The molecule has 0 saturated carbocycles. The first-order chi connectivity index (χ1) is 16.2. The normalized spacial score (nSPS) is 13.1. The lowest BCUT2D eigenvalue weighted by Gasteiger charge is -2.27. The number of hydrogen-bond acceptors (Lipinski definition) is 4. The first kappa shape index (κ1) is 28.7. The molecule has 2 aromatic carbocycles. The summed E-state index contributed by atoms with van der Waals surface area (Å²) >= 11 is 0. The van der Waals surface area contributed by atoms with Gasteiger partial charge in [0.15, 0.2) is 0 Å². The van der Waals surface area contributed by atoms with E-state index in [0.29, 0.717) is 12.2 Å². The van der Waals surface area contributed by atoms with E-state index in [1.807, 2.05) is 38.1 Å². The molecule has 2 rings (SSSR count). The fraction of sp³-hybridized carbons (Fsp3) is 0.567. The number of phenolic OH excluding ortho intramolecular Hbond substituents is 1. The molecule has 3 N–H and O–H groups in total. The molecule has 0 fully saturated rings. The van der Waals surface area contributed by atoms with Crippen LogP contribution in [0.15, 0.2) is 36.4 Å². The Balaban J connectivity index is 2.38. The smallest absolute Gasteiger partial charge is 0.224 e. The minimum absolute atomic E-state index is 0.0357. The minimum Gasteiger partial charge on any atom is -0.508 e. The summed E-state index contributed by atoms with van der Waals surface area (Å²) in [4.78, 5) is 13.4. The number of aromatic hydroxyl groups is 1. The van der Waals surface area contributed by atoms with E-state index < -0.39 is 5.60 Å². The second-order valence-electron chi connectivity index (χ2n) is 11.4. The zero-order chi connectivity index (χ0) is 26.4. The molecule has 0 spiro atoms. The van der Waals surface area contributed by atoms with Gasteiger partial charge in [0, 0.05) is 18.2 Å². The Morgan fingerprint density at radius 3 is 2.29 bits per heavy atom. The van der Waals surface area contributed by atoms with Crippen LogP contribution in [-0.4, -0.2) is 22.2 Å². The summed E-state index contributed by atoms with van der Waals surface area (Å²) < 4.78 is 6.01. The predicted octanol–water partition coefficient (Wildman–Crippen LogP) is 7.40. The molecule has 1 amide bonds. The lowest BCUT2D eigenvalue weighted by atomic mass is 9.83. The number of unbranched alkanes of at least 4 members (excludes halogenated alkanes) is 2. The van der Waals surface area contributed by atoms with E-state index in [1.54, 1.807) is 26.0 Å². The molecule has 5 nitrogen and oxygen atoms in total. The minimum atomic E-state index is -1.01. The van der Waals surface area contributed by atoms with Crippen molar-refractivity contribution in [2.24, 2.45) is 0 Å². The molecule has 1 unspecified atom stereocenters. The van der Waals surface area contributed by atoms with Crippen molar-refractivity contribution in [1.82, 2.24) is 0 Å². The zero-order valence-corrected chi connectivity index (χ0v) is 22.9. The van der Waals surface area contributed by atoms with Crippen LogP contribution in [0.2, 0.25) is 0 Å². The third kappa shape index (κ3) is 8.57. The highest BCUT2D eigenvalue weighted by Gasteiger charge is 2.25. The molecule has 0 aliphatic heterocycles. The van der Waals surface area contributed by atoms with Crippen LogP contribution in [0.1, 0.15) is 110 Å². The van der Waals surface area contributed by atoms with Gasteiger partial charge in [-0.1, -0.05) is 65.2 Å². The summed E-state index contributed by atoms with van der Waals surface area (Å²) in [7, 11) is 0. The Morgan fingerprint density at radius 1 is 1.03 bits per heavy atom. The van der Waals surface area contributed by atoms with E-state index in [1.165, 1.54) is 0 Å². The Kier molecular flexibility index (Phi) is 9.79. The number of phenols is 1. The molecule has 0 saturated heterocycles. The molecule has 2 aromatic rings. The first-order valence-electron chi connectivity index (χ1n) is 12.9. The van der Waals surface area contributed by atoms with Crippen LogP contribution < -0.4 is 10.1 Å². The van der Waals surface area contributed by atoms with Crippen molar-refractivity contribution in [2.75, 3.05) is 5.32 Å². The summed E-state index contributed by atoms with van der Waals surface area (Å²) in [5.74, 6) is 0.674. The number of carbonyl (C=O) groups excluding carboxylic acids is 1. The number of rotatable bonds is 11. The summed E-state index contributed by atoms with van der Waals surface area (Å²) in [6, 6.07) is 11.0. The Morgan fingerprint density at radius 2 is 1.71 bits per heavy atom. The van der Waals surface area contributed by atoms with E-state index in [0.717, 1.165) is 48.1 Å². The van der Waals surface area contributed by atoms with E-state index >= 15 is 0 Å². The Labute approximate surface area is 211 Å². The SMILES string of the molecule is CCCCCC(CC(=O)Nc1cc(C(C)(C)O)ccc1C(C)(C)C)c1ccc(O)cc1OC(C)C. The summed E-state index contributed by atoms with van der Waals surface area (Å²) in [6.45, 7) is 15.9. The standard InChI is InChI=1S/C30H45NO4/c1-9-10-11-12-21(24-15-14-23(32)19-27(24)35-20(2)3)17-28(33)31-26-18-22(30(7,8)34)13-16-25(26)29(4,5)6/h13-16,18-21,32,34H,9-12,17H2,1-8H3,(H,31,33). The largest absolute Gasteiger partial charge is 0.508 e. The lowest BCUT2D eigenvalue weighted by Crippen LogP contribution is -2.22. The molecule has 0 radical (unpaired) electrons. The topological polar surface area (TPSA) is 78.8 Å². The van der Waals surface area contributed by atoms with Crippen molar-refractivity contribution in [3.05, 3.63) is 53.1 Å². The fourth-order valence-corrected chi connectivity index (χ4v) is 4.33. The summed E-state index contributed by atoms with van der Waals surface area (Å²) in [5, 5.41) is 23.7. The van der Waals surface area contributed by atoms with Crippen LogP contribution in [0.3, 0.4) is 0 Å². The third-order valence-corrected chi connectivity index (χ3v) is 6.20. The second-order valence-corrected chi connectivity index (χ2v) is 11.4. The highest BCUT2D eigenvalue weighted by Crippen LogP contribution is 2.37. The van der Waals surface area contributed by atoms with Gasteiger partial charge < -0.3 is 20.3 Å². The average molecular weight is 484 g/mol. The van der Waals surface area contributed by atoms with Crippen molar-refractivity contribution in [3.8, 4) is 11.5 Å². The van der Waals surface area contributed by atoms with E-state index in [2.05, 4.69) is 33.0 Å². The number of hydrogen-bond donors (Lipinski definition) is 3. The van der Waals surface area contributed by atoms with Crippen LogP contribution in [0.4, 0.5) is 5.69 Å².